The van der Waals surface area contributed by atoms with E-state index in [9.17, 15) is 0 Å². The summed E-state index contributed by atoms with van der Waals surface area (Å²) in [4.78, 5) is 5.70. The van der Waals surface area contributed by atoms with Crippen LogP contribution in [0.25, 0.3) is 23.1 Å². The molecule has 0 aliphatic heterocycles. The van der Waals surface area contributed by atoms with Crippen molar-refractivity contribution in [3.8, 4) is 0 Å². The van der Waals surface area contributed by atoms with Gasteiger partial charge in [0.15, 0.2) is 0 Å². The summed E-state index contributed by atoms with van der Waals surface area (Å²) in [6.07, 6.45) is 6.13. The first-order chi connectivity index (χ1) is 8.42. The van der Waals surface area contributed by atoms with Crippen molar-refractivity contribution < 1.29 is 0 Å². The van der Waals surface area contributed by atoms with Crippen molar-refractivity contribution in [3.05, 3.63) is 64.5 Å². The number of aromatic nitrogens is 1. The minimum atomic E-state index is 1.04. The Hall–Kier alpha value is -1.93. The van der Waals surface area contributed by atoms with Gasteiger partial charge in [-0.25, -0.2) is 0 Å². The molecule has 0 bridgehead atoms. The third-order valence-corrected chi connectivity index (χ3v) is 3.43. The first-order valence-electron chi connectivity index (χ1n) is 5.48. The first kappa shape index (κ1) is 10.2. The molecule has 0 unspecified atom stereocenters. The lowest BCUT2D eigenvalue weighted by Gasteiger charge is -1.97. The maximum Gasteiger partial charge on any atom is 0.0702 e. The van der Waals surface area contributed by atoms with Gasteiger partial charge in [-0.3, -0.25) is 4.98 Å². The van der Waals surface area contributed by atoms with E-state index in [1.165, 1.54) is 10.3 Å². The number of hydrogen-bond acceptors (Lipinski definition) is 2. The fourth-order valence-electron chi connectivity index (χ4n) is 1.74. The number of fused-ring (bicyclic) bond motifs is 1. The molecule has 0 aliphatic carbocycles. The zero-order valence-electron chi connectivity index (χ0n) is 9.21. The lowest BCUT2D eigenvalue weighted by molar-refractivity contribution is 1.40. The fourth-order valence-corrected chi connectivity index (χ4v) is 2.36. The van der Waals surface area contributed by atoms with Gasteiger partial charge in [-0.1, -0.05) is 30.3 Å². The van der Waals surface area contributed by atoms with Crippen molar-refractivity contribution in [1.82, 2.24) is 4.98 Å². The topological polar surface area (TPSA) is 12.9 Å². The van der Waals surface area contributed by atoms with E-state index in [0.29, 0.717) is 0 Å². The predicted octanol–water partition coefficient (Wildman–Crippen LogP) is 4.47. The van der Waals surface area contributed by atoms with E-state index in [0.717, 1.165) is 11.1 Å². The first-order valence-corrected chi connectivity index (χ1v) is 6.36. The lowest BCUT2D eigenvalue weighted by Crippen LogP contribution is -1.79. The summed E-state index contributed by atoms with van der Waals surface area (Å²) in [5.74, 6) is 0. The molecule has 2 heteroatoms. The van der Waals surface area contributed by atoms with Gasteiger partial charge >= 0.3 is 0 Å². The number of rotatable bonds is 2. The van der Waals surface area contributed by atoms with Crippen LogP contribution < -0.4 is 0 Å². The Morgan fingerprint density at radius 1 is 1.00 bits per heavy atom. The van der Waals surface area contributed by atoms with Gasteiger partial charge < -0.3 is 0 Å². The third-order valence-electron chi connectivity index (χ3n) is 2.59. The van der Waals surface area contributed by atoms with Crippen LogP contribution in [0.1, 0.15) is 10.4 Å². The van der Waals surface area contributed by atoms with E-state index in [4.69, 9.17) is 0 Å². The van der Waals surface area contributed by atoms with Crippen molar-refractivity contribution in [1.29, 1.82) is 0 Å². The summed E-state index contributed by atoms with van der Waals surface area (Å²) < 4.78 is 0. The minimum Gasteiger partial charge on any atom is -0.256 e. The molecule has 3 aromatic rings. The molecule has 0 saturated carbocycles. The number of thiophene rings is 1. The Labute approximate surface area is 104 Å². The van der Waals surface area contributed by atoms with Crippen LogP contribution in [0.2, 0.25) is 0 Å². The molecule has 0 atom stereocenters. The van der Waals surface area contributed by atoms with Gasteiger partial charge in [0.1, 0.15) is 0 Å². The Morgan fingerprint density at radius 3 is 2.82 bits per heavy atom. The molecule has 0 aliphatic rings. The van der Waals surface area contributed by atoms with Gasteiger partial charge in [0.2, 0.25) is 0 Å². The largest absolute Gasteiger partial charge is 0.256 e. The molecule has 0 saturated heterocycles. The molecule has 2 heterocycles. The molecule has 2 aromatic heterocycles. The van der Waals surface area contributed by atoms with Crippen LogP contribution in [0.4, 0.5) is 0 Å². The Morgan fingerprint density at radius 2 is 1.94 bits per heavy atom. The van der Waals surface area contributed by atoms with E-state index < -0.39 is 0 Å². The zero-order valence-corrected chi connectivity index (χ0v) is 10.0. The normalized spacial score (nSPS) is 11.3. The van der Waals surface area contributed by atoms with Crippen molar-refractivity contribution in [2.45, 2.75) is 0 Å². The lowest BCUT2D eigenvalue weighted by atomic mass is 10.1. The molecule has 0 radical (unpaired) electrons. The second kappa shape index (κ2) is 4.52. The summed E-state index contributed by atoms with van der Waals surface area (Å²) in [6.45, 7) is 0. The smallest absolute Gasteiger partial charge is 0.0702 e. The highest BCUT2D eigenvalue weighted by Gasteiger charge is 1.94. The molecular weight excluding hydrogens is 226 g/mol. The third kappa shape index (κ3) is 2.27. The molecule has 0 amide bonds. The van der Waals surface area contributed by atoms with Gasteiger partial charge in [-0.2, -0.15) is 0 Å². The Balaban J connectivity index is 1.96. The Bertz CT molecular complexity index is 654. The van der Waals surface area contributed by atoms with Gasteiger partial charge in [-0.05, 0) is 35.2 Å². The highest BCUT2D eigenvalue weighted by atomic mass is 32.1. The number of pyridine rings is 1. The highest BCUT2D eigenvalue weighted by molar-refractivity contribution is 7.10. The standard InChI is InChI=1S/C15H11NS/c1-2-6-15-13(4-1)10-12(11-16-15)7-8-14-5-3-9-17-14/h1-11H/b8-7-. The summed E-state index contributed by atoms with van der Waals surface area (Å²) >= 11 is 1.74. The van der Waals surface area contributed by atoms with Gasteiger partial charge in [0, 0.05) is 16.5 Å². The summed E-state index contributed by atoms with van der Waals surface area (Å²) in [5, 5.41) is 3.26. The number of benzene rings is 1. The van der Waals surface area contributed by atoms with E-state index >= 15 is 0 Å². The maximum absolute atomic E-state index is 4.43. The molecular formula is C15H11NS. The summed E-state index contributed by atoms with van der Waals surface area (Å²) in [5.41, 5.74) is 2.18. The van der Waals surface area contributed by atoms with E-state index in [1.54, 1.807) is 11.3 Å². The van der Waals surface area contributed by atoms with E-state index in [-0.39, 0.29) is 0 Å². The molecule has 0 spiro atoms. The van der Waals surface area contributed by atoms with E-state index in [1.807, 2.05) is 24.4 Å². The minimum absolute atomic E-state index is 1.04. The monoisotopic (exact) mass is 237 g/mol. The van der Waals surface area contributed by atoms with Gasteiger partial charge in [0.25, 0.3) is 0 Å². The molecule has 0 fully saturated rings. The van der Waals surface area contributed by atoms with Crippen molar-refractivity contribution in [2.75, 3.05) is 0 Å². The van der Waals surface area contributed by atoms with Crippen LogP contribution in [0.3, 0.4) is 0 Å². The van der Waals surface area contributed by atoms with Gasteiger partial charge in [0.05, 0.1) is 5.52 Å². The van der Waals surface area contributed by atoms with Crippen molar-refractivity contribution >= 4 is 34.4 Å². The van der Waals surface area contributed by atoms with Gasteiger partial charge in [-0.15, -0.1) is 11.3 Å². The van der Waals surface area contributed by atoms with Crippen molar-refractivity contribution in [2.24, 2.45) is 0 Å². The van der Waals surface area contributed by atoms with Crippen LogP contribution in [0.15, 0.2) is 54.0 Å². The number of hydrogen-bond donors (Lipinski definition) is 0. The van der Waals surface area contributed by atoms with Crippen LogP contribution >= 0.6 is 11.3 Å². The quantitative estimate of drug-likeness (QED) is 0.641. The highest BCUT2D eigenvalue weighted by Crippen LogP contribution is 2.16. The number of nitrogens with zero attached hydrogens (tertiary/aromatic N) is 1. The molecule has 3 rings (SSSR count). The van der Waals surface area contributed by atoms with Crippen molar-refractivity contribution in [3.63, 3.8) is 0 Å². The van der Waals surface area contributed by atoms with E-state index in [2.05, 4.69) is 46.8 Å². The fraction of sp³-hybridized carbons (Fsp3) is 0. The maximum atomic E-state index is 4.43. The summed E-state index contributed by atoms with van der Waals surface area (Å²) in [7, 11) is 0. The molecule has 17 heavy (non-hydrogen) atoms. The predicted molar refractivity (Wildman–Crippen MR) is 75.0 cm³/mol. The molecule has 1 aromatic carbocycles. The second-order valence-electron chi connectivity index (χ2n) is 3.81. The second-order valence-corrected chi connectivity index (χ2v) is 4.79. The average molecular weight is 237 g/mol. The molecule has 82 valence electrons. The Kier molecular flexibility index (Phi) is 2.72. The molecule has 1 nitrogen and oxygen atoms in total. The average Bonchev–Trinajstić information content (AvgIpc) is 2.89. The number of para-hydroxylation sites is 1. The SMILES string of the molecule is C(=C/c1cccs1)/c1cnc2ccccc2c1. The zero-order chi connectivity index (χ0) is 11.5. The molecule has 0 N–H and O–H groups in total. The van der Waals surface area contributed by atoms with Crippen LogP contribution in [-0.2, 0) is 0 Å². The summed E-state index contributed by atoms with van der Waals surface area (Å²) in [6, 6.07) is 14.5. The van der Waals surface area contributed by atoms with Crippen LogP contribution in [0, 0.1) is 0 Å². The van der Waals surface area contributed by atoms with Crippen LogP contribution in [0.5, 0.6) is 0 Å². The van der Waals surface area contributed by atoms with Crippen LogP contribution in [-0.4, -0.2) is 4.98 Å².